The number of nitrogen functional groups attached to an aromatic ring is 1. The molecule has 0 aliphatic heterocycles. The van der Waals surface area contributed by atoms with Gasteiger partial charge in [-0.05, 0) is 12.3 Å². The molecule has 0 saturated heterocycles. The lowest BCUT2D eigenvalue weighted by molar-refractivity contribution is 0.267. The summed E-state index contributed by atoms with van der Waals surface area (Å²) < 4.78 is 0. The predicted molar refractivity (Wildman–Crippen MR) is 60.4 cm³/mol. The van der Waals surface area contributed by atoms with Crippen LogP contribution >= 0.6 is 0 Å². The fourth-order valence-corrected chi connectivity index (χ4v) is 1.35. The maximum atomic E-state index is 8.93. The fourth-order valence-electron chi connectivity index (χ4n) is 1.35. The van der Waals surface area contributed by atoms with Crippen molar-refractivity contribution < 1.29 is 5.11 Å². The van der Waals surface area contributed by atoms with E-state index in [9.17, 15) is 0 Å². The zero-order valence-electron chi connectivity index (χ0n) is 9.14. The van der Waals surface area contributed by atoms with Gasteiger partial charge in [0.1, 0.15) is 0 Å². The van der Waals surface area contributed by atoms with Gasteiger partial charge in [-0.3, -0.25) is 0 Å². The Bertz CT molecular complexity index is 303. The van der Waals surface area contributed by atoms with Crippen molar-refractivity contribution in [2.45, 2.75) is 26.3 Å². The monoisotopic (exact) mass is 210 g/mol. The lowest BCUT2D eigenvalue weighted by Gasteiger charge is -2.22. The molecule has 0 aromatic carbocycles. The maximum absolute atomic E-state index is 8.93. The molecule has 5 heteroatoms. The average Bonchev–Trinajstić information content (AvgIpc) is 2.20. The minimum absolute atomic E-state index is 0.149. The van der Waals surface area contributed by atoms with E-state index < -0.39 is 0 Å². The Morgan fingerprint density at radius 1 is 1.40 bits per heavy atom. The van der Waals surface area contributed by atoms with Gasteiger partial charge in [0.25, 0.3) is 0 Å². The zero-order valence-corrected chi connectivity index (χ0v) is 9.14. The quantitative estimate of drug-likeness (QED) is 0.671. The summed E-state index contributed by atoms with van der Waals surface area (Å²) in [6, 6.07) is 0.161. The fraction of sp³-hybridized carbons (Fsp3) is 0.600. The molecule has 0 aliphatic rings. The van der Waals surface area contributed by atoms with Crippen LogP contribution in [0.3, 0.4) is 0 Å². The number of aliphatic hydroxyl groups is 1. The van der Waals surface area contributed by atoms with E-state index in [1.54, 1.807) is 12.4 Å². The Hall–Kier alpha value is -1.36. The lowest BCUT2D eigenvalue weighted by atomic mass is 10.0. The third-order valence-corrected chi connectivity index (χ3v) is 2.29. The number of rotatable bonds is 5. The van der Waals surface area contributed by atoms with E-state index in [2.05, 4.69) is 29.1 Å². The number of aromatic nitrogens is 2. The van der Waals surface area contributed by atoms with Gasteiger partial charge in [-0.2, -0.15) is 0 Å². The largest absolute Gasteiger partial charge is 0.396 e. The molecule has 1 rings (SSSR count). The van der Waals surface area contributed by atoms with Crippen molar-refractivity contribution in [2.75, 3.05) is 17.7 Å². The van der Waals surface area contributed by atoms with Crippen LogP contribution in [0.5, 0.6) is 0 Å². The summed E-state index contributed by atoms with van der Waals surface area (Å²) >= 11 is 0. The molecule has 1 aromatic rings. The standard InChI is InChI=1S/C10H18N4O/c1-7(2)8(3-6-15)14-10-9(11)12-4-5-13-10/h4-5,7-8,15H,3,6H2,1-2H3,(H2,11,12)(H,13,14). The van der Waals surface area contributed by atoms with Crippen molar-refractivity contribution >= 4 is 11.6 Å². The highest BCUT2D eigenvalue weighted by atomic mass is 16.3. The molecule has 0 bridgehead atoms. The molecular weight excluding hydrogens is 192 g/mol. The van der Waals surface area contributed by atoms with Crippen LogP contribution in [-0.4, -0.2) is 27.7 Å². The van der Waals surface area contributed by atoms with E-state index in [-0.39, 0.29) is 12.6 Å². The van der Waals surface area contributed by atoms with E-state index in [0.29, 0.717) is 24.0 Å². The Balaban J connectivity index is 2.69. The smallest absolute Gasteiger partial charge is 0.169 e. The van der Waals surface area contributed by atoms with E-state index in [1.807, 2.05) is 0 Å². The van der Waals surface area contributed by atoms with Crippen LogP contribution in [0, 0.1) is 5.92 Å². The summed E-state index contributed by atoms with van der Waals surface area (Å²) in [5.41, 5.74) is 5.67. The molecule has 1 atom stereocenters. The van der Waals surface area contributed by atoms with E-state index in [4.69, 9.17) is 10.8 Å². The molecule has 5 nitrogen and oxygen atoms in total. The van der Waals surface area contributed by atoms with Gasteiger partial charge >= 0.3 is 0 Å². The van der Waals surface area contributed by atoms with Crippen molar-refractivity contribution in [1.82, 2.24) is 9.97 Å². The lowest BCUT2D eigenvalue weighted by Crippen LogP contribution is -2.27. The summed E-state index contributed by atoms with van der Waals surface area (Å²) in [6.07, 6.45) is 3.82. The van der Waals surface area contributed by atoms with Gasteiger partial charge in [-0.1, -0.05) is 13.8 Å². The summed E-state index contributed by atoms with van der Waals surface area (Å²) in [7, 11) is 0. The van der Waals surface area contributed by atoms with Crippen molar-refractivity contribution in [1.29, 1.82) is 0 Å². The van der Waals surface area contributed by atoms with Gasteiger partial charge in [0.2, 0.25) is 0 Å². The number of anilines is 2. The molecule has 0 saturated carbocycles. The first-order valence-corrected chi connectivity index (χ1v) is 5.09. The zero-order chi connectivity index (χ0) is 11.3. The molecule has 4 N–H and O–H groups in total. The number of hydrogen-bond acceptors (Lipinski definition) is 5. The van der Waals surface area contributed by atoms with Crippen molar-refractivity contribution in [3.05, 3.63) is 12.4 Å². The molecule has 15 heavy (non-hydrogen) atoms. The number of nitrogens with one attached hydrogen (secondary N) is 1. The molecule has 1 heterocycles. The minimum Gasteiger partial charge on any atom is -0.396 e. The average molecular weight is 210 g/mol. The van der Waals surface area contributed by atoms with Gasteiger partial charge in [0.05, 0.1) is 0 Å². The topological polar surface area (TPSA) is 84.1 Å². The minimum atomic E-state index is 0.149. The molecule has 1 unspecified atom stereocenters. The normalized spacial score (nSPS) is 12.8. The second-order valence-electron chi connectivity index (χ2n) is 3.80. The third kappa shape index (κ3) is 3.36. The van der Waals surface area contributed by atoms with E-state index >= 15 is 0 Å². The van der Waals surface area contributed by atoms with Gasteiger partial charge in [0.15, 0.2) is 11.6 Å². The van der Waals surface area contributed by atoms with Crippen LogP contribution < -0.4 is 11.1 Å². The van der Waals surface area contributed by atoms with Gasteiger partial charge in [-0.15, -0.1) is 0 Å². The van der Waals surface area contributed by atoms with Crippen LogP contribution in [0.4, 0.5) is 11.6 Å². The Morgan fingerprint density at radius 3 is 2.60 bits per heavy atom. The second kappa shape index (κ2) is 5.50. The number of nitrogens with zero attached hydrogens (tertiary/aromatic N) is 2. The number of nitrogens with two attached hydrogens (primary N) is 1. The van der Waals surface area contributed by atoms with Crippen molar-refractivity contribution in [3.63, 3.8) is 0 Å². The van der Waals surface area contributed by atoms with Crippen LogP contribution in [-0.2, 0) is 0 Å². The maximum Gasteiger partial charge on any atom is 0.169 e. The number of hydrogen-bond donors (Lipinski definition) is 3. The Morgan fingerprint density at radius 2 is 2.07 bits per heavy atom. The third-order valence-electron chi connectivity index (χ3n) is 2.29. The predicted octanol–water partition coefficient (Wildman–Crippen LogP) is 0.878. The van der Waals surface area contributed by atoms with Gasteiger partial charge in [-0.25, -0.2) is 9.97 Å². The van der Waals surface area contributed by atoms with Crippen molar-refractivity contribution in [3.8, 4) is 0 Å². The van der Waals surface area contributed by atoms with Gasteiger partial charge < -0.3 is 16.2 Å². The second-order valence-corrected chi connectivity index (χ2v) is 3.80. The molecule has 0 amide bonds. The van der Waals surface area contributed by atoms with Crippen LogP contribution in [0.2, 0.25) is 0 Å². The van der Waals surface area contributed by atoms with Crippen LogP contribution in [0.25, 0.3) is 0 Å². The summed E-state index contributed by atoms with van der Waals surface area (Å²) in [5, 5.41) is 12.1. The number of aliphatic hydroxyl groups excluding tert-OH is 1. The SMILES string of the molecule is CC(C)C(CCO)Nc1nccnc1N. The first-order valence-electron chi connectivity index (χ1n) is 5.09. The molecule has 0 aliphatic carbocycles. The molecule has 84 valence electrons. The highest BCUT2D eigenvalue weighted by Crippen LogP contribution is 2.16. The molecular formula is C10H18N4O. The highest BCUT2D eigenvalue weighted by molar-refractivity contribution is 5.55. The summed E-state index contributed by atoms with van der Waals surface area (Å²) in [5.74, 6) is 1.38. The van der Waals surface area contributed by atoms with Crippen LogP contribution in [0.1, 0.15) is 20.3 Å². The van der Waals surface area contributed by atoms with E-state index in [0.717, 1.165) is 0 Å². The molecule has 0 fully saturated rings. The summed E-state index contributed by atoms with van der Waals surface area (Å²) in [6.45, 7) is 4.32. The van der Waals surface area contributed by atoms with Crippen LogP contribution in [0.15, 0.2) is 12.4 Å². The first-order chi connectivity index (χ1) is 7.15. The molecule has 1 aromatic heterocycles. The summed E-state index contributed by atoms with van der Waals surface area (Å²) in [4.78, 5) is 8.04. The van der Waals surface area contributed by atoms with Gasteiger partial charge in [0, 0.05) is 25.0 Å². The van der Waals surface area contributed by atoms with Crippen molar-refractivity contribution in [2.24, 2.45) is 5.92 Å². The Kier molecular flexibility index (Phi) is 4.30. The van der Waals surface area contributed by atoms with E-state index in [1.165, 1.54) is 0 Å². The molecule has 0 radical (unpaired) electrons. The first kappa shape index (κ1) is 11.7. The highest BCUT2D eigenvalue weighted by Gasteiger charge is 2.14. The molecule has 0 spiro atoms. The Labute approximate surface area is 89.7 Å².